The molecule has 3 fully saturated rings. The molecular formula is C18H23F2N. The van der Waals surface area contributed by atoms with Crippen LogP contribution in [0.25, 0.3) is 0 Å². The summed E-state index contributed by atoms with van der Waals surface area (Å²) in [5.41, 5.74) is 0.932. The summed E-state index contributed by atoms with van der Waals surface area (Å²) in [7, 11) is 0. The van der Waals surface area contributed by atoms with Gasteiger partial charge in [0.25, 0.3) is 0 Å². The molecular weight excluding hydrogens is 268 g/mol. The molecule has 3 aliphatic carbocycles. The Balaban J connectivity index is 1.66. The largest absolute Gasteiger partial charge is 0.310 e. The van der Waals surface area contributed by atoms with E-state index in [2.05, 4.69) is 5.32 Å². The molecule has 1 N–H and O–H groups in total. The van der Waals surface area contributed by atoms with Gasteiger partial charge in [-0.3, -0.25) is 0 Å². The summed E-state index contributed by atoms with van der Waals surface area (Å²) in [4.78, 5) is 0. The quantitative estimate of drug-likeness (QED) is 0.876. The van der Waals surface area contributed by atoms with Crippen LogP contribution < -0.4 is 5.32 Å². The van der Waals surface area contributed by atoms with Gasteiger partial charge in [0.05, 0.1) is 0 Å². The third-order valence-corrected chi connectivity index (χ3v) is 6.22. The molecule has 5 unspecified atom stereocenters. The summed E-state index contributed by atoms with van der Waals surface area (Å²) in [6.07, 6.45) is 4.09. The van der Waals surface area contributed by atoms with Gasteiger partial charge in [-0.05, 0) is 80.0 Å². The first kappa shape index (κ1) is 13.7. The summed E-state index contributed by atoms with van der Waals surface area (Å²) in [5, 5.41) is 3.44. The third kappa shape index (κ3) is 1.97. The average Bonchev–Trinajstić information content (AvgIpc) is 2.87. The van der Waals surface area contributed by atoms with Crippen molar-refractivity contribution < 1.29 is 8.78 Å². The molecule has 3 saturated carbocycles. The van der Waals surface area contributed by atoms with Crippen molar-refractivity contribution in [1.82, 2.24) is 5.32 Å². The van der Waals surface area contributed by atoms with Gasteiger partial charge in [0.1, 0.15) is 11.6 Å². The first-order valence-corrected chi connectivity index (χ1v) is 8.30. The second-order valence-corrected chi connectivity index (χ2v) is 7.22. The predicted molar refractivity (Wildman–Crippen MR) is 78.8 cm³/mol. The fourth-order valence-electron chi connectivity index (χ4n) is 5.41. The summed E-state index contributed by atoms with van der Waals surface area (Å²) in [6, 6.07) is 2.76. The molecule has 1 nitrogen and oxygen atoms in total. The zero-order valence-electron chi connectivity index (χ0n) is 12.7. The Morgan fingerprint density at radius 3 is 2.43 bits per heavy atom. The minimum absolute atomic E-state index is 0.0106. The smallest absolute Gasteiger partial charge is 0.128 e. The molecule has 0 saturated heterocycles. The monoisotopic (exact) mass is 291 g/mol. The molecule has 0 radical (unpaired) electrons. The third-order valence-electron chi connectivity index (χ3n) is 6.22. The van der Waals surface area contributed by atoms with Crippen molar-refractivity contribution in [2.24, 2.45) is 29.6 Å². The van der Waals surface area contributed by atoms with Crippen LogP contribution in [0.4, 0.5) is 8.78 Å². The lowest BCUT2D eigenvalue weighted by Crippen LogP contribution is -2.26. The molecule has 0 spiro atoms. The Bertz CT molecular complexity index is 555. The van der Waals surface area contributed by atoms with E-state index in [9.17, 15) is 8.78 Å². The highest BCUT2D eigenvalue weighted by molar-refractivity contribution is 5.31. The van der Waals surface area contributed by atoms with Gasteiger partial charge in [0, 0.05) is 11.6 Å². The van der Waals surface area contributed by atoms with Crippen LogP contribution in [0.1, 0.15) is 43.4 Å². The van der Waals surface area contributed by atoms with Crippen LogP contribution in [0.15, 0.2) is 12.1 Å². The minimum Gasteiger partial charge on any atom is -0.310 e. The fourth-order valence-corrected chi connectivity index (χ4v) is 5.41. The molecule has 3 heteroatoms. The van der Waals surface area contributed by atoms with Gasteiger partial charge in [-0.15, -0.1) is 0 Å². The second kappa shape index (κ2) is 4.77. The van der Waals surface area contributed by atoms with Crippen molar-refractivity contribution in [2.75, 3.05) is 6.54 Å². The molecule has 5 atom stereocenters. The summed E-state index contributed by atoms with van der Waals surface area (Å²) in [5.74, 6) is 3.20. The van der Waals surface area contributed by atoms with Crippen molar-refractivity contribution in [1.29, 1.82) is 0 Å². The lowest BCUT2D eigenvalue weighted by Gasteiger charge is -2.23. The molecule has 1 aromatic rings. The number of benzene rings is 1. The van der Waals surface area contributed by atoms with Gasteiger partial charge in [-0.1, -0.05) is 6.92 Å². The first-order chi connectivity index (χ1) is 10.1. The average molecular weight is 291 g/mol. The minimum atomic E-state index is -0.289. The van der Waals surface area contributed by atoms with E-state index in [1.165, 1.54) is 31.4 Å². The molecule has 114 valence electrons. The number of aryl methyl sites for hydroxylation is 1. The number of rotatable bonds is 4. The Morgan fingerprint density at radius 2 is 1.81 bits per heavy atom. The highest BCUT2D eigenvalue weighted by Gasteiger charge is 2.66. The van der Waals surface area contributed by atoms with Gasteiger partial charge < -0.3 is 5.32 Å². The zero-order valence-corrected chi connectivity index (χ0v) is 12.7. The summed E-state index contributed by atoms with van der Waals surface area (Å²) < 4.78 is 28.3. The van der Waals surface area contributed by atoms with Gasteiger partial charge in [-0.25, -0.2) is 8.78 Å². The van der Waals surface area contributed by atoms with Gasteiger partial charge >= 0.3 is 0 Å². The maximum Gasteiger partial charge on any atom is 0.128 e. The molecule has 2 bridgehead atoms. The van der Waals surface area contributed by atoms with Crippen LogP contribution in [0, 0.1) is 48.1 Å². The van der Waals surface area contributed by atoms with Gasteiger partial charge in [0.2, 0.25) is 0 Å². The molecule has 0 heterocycles. The Labute approximate surface area is 125 Å². The van der Waals surface area contributed by atoms with Gasteiger partial charge in [-0.2, -0.15) is 0 Å². The number of nitrogens with one attached hydrogen (secondary N) is 1. The first-order valence-electron chi connectivity index (χ1n) is 8.30. The number of hydrogen-bond donors (Lipinski definition) is 1. The maximum atomic E-state index is 14.4. The van der Waals surface area contributed by atoms with Crippen molar-refractivity contribution >= 4 is 0 Å². The van der Waals surface area contributed by atoms with Crippen LogP contribution in [0.2, 0.25) is 0 Å². The Morgan fingerprint density at radius 1 is 1.14 bits per heavy atom. The summed E-state index contributed by atoms with van der Waals surface area (Å²) >= 11 is 0. The van der Waals surface area contributed by atoms with Crippen molar-refractivity contribution in [3.8, 4) is 0 Å². The van der Waals surface area contributed by atoms with E-state index in [0.717, 1.165) is 30.2 Å². The highest BCUT2D eigenvalue weighted by atomic mass is 19.1. The van der Waals surface area contributed by atoms with E-state index in [1.807, 2.05) is 6.92 Å². The Hall–Kier alpha value is -0.960. The van der Waals surface area contributed by atoms with E-state index in [-0.39, 0.29) is 17.7 Å². The standard InChI is InChI=1S/C18H23F2N/c1-3-21-18(12-8-13(19)9(2)6-14(12)20)17-15-10-4-5-11(7-10)16(15)17/h6,8,10-11,15-18,21H,3-5,7H2,1-2H3. The van der Waals surface area contributed by atoms with E-state index >= 15 is 0 Å². The highest BCUT2D eigenvalue weighted by Crippen LogP contribution is 2.72. The number of hydrogen-bond acceptors (Lipinski definition) is 1. The van der Waals surface area contributed by atoms with Crippen molar-refractivity contribution in [2.45, 2.75) is 39.2 Å². The van der Waals surface area contributed by atoms with E-state index in [4.69, 9.17) is 0 Å². The zero-order chi connectivity index (χ0) is 14.7. The SMILES string of the molecule is CCNC(c1cc(F)c(C)cc1F)C1C2C3CCC(C3)C21. The predicted octanol–water partition coefficient (Wildman–Crippen LogP) is 4.22. The molecule has 1 aromatic carbocycles. The molecule has 0 amide bonds. The summed E-state index contributed by atoms with van der Waals surface area (Å²) in [6.45, 7) is 4.46. The normalized spacial score (nSPS) is 37.6. The lowest BCUT2D eigenvalue weighted by molar-refractivity contribution is 0.365. The molecule has 3 aliphatic rings. The van der Waals surface area contributed by atoms with E-state index < -0.39 is 0 Å². The Kier molecular flexibility index (Phi) is 3.11. The van der Waals surface area contributed by atoms with Crippen LogP contribution in [-0.4, -0.2) is 6.54 Å². The number of fused-ring (bicyclic) bond motifs is 5. The molecule has 4 rings (SSSR count). The van der Waals surface area contributed by atoms with Gasteiger partial charge in [0.15, 0.2) is 0 Å². The molecule has 21 heavy (non-hydrogen) atoms. The fraction of sp³-hybridized carbons (Fsp3) is 0.667. The second-order valence-electron chi connectivity index (χ2n) is 7.22. The number of halogens is 2. The van der Waals surface area contributed by atoms with Crippen LogP contribution in [0.3, 0.4) is 0 Å². The topological polar surface area (TPSA) is 12.0 Å². The van der Waals surface area contributed by atoms with Crippen LogP contribution in [-0.2, 0) is 0 Å². The molecule has 0 aromatic heterocycles. The maximum absolute atomic E-state index is 14.4. The van der Waals surface area contributed by atoms with E-state index in [0.29, 0.717) is 17.0 Å². The van der Waals surface area contributed by atoms with Crippen molar-refractivity contribution in [3.63, 3.8) is 0 Å². The van der Waals surface area contributed by atoms with E-state index in [1.54, 1.807) is 6.92 Å². The van der Waals surface area contributed by atoms with Crippen molar-refractivity contribution in [3.05, 3.63) is 34.9 Å². The lowest BCUT2D eigenvalue weighted by atomic mass is 9.92. The van der Waals surface area contributed by atoms with Crippen LogP contribution in [0.5, 0.6) is 0 Å². The molecule has 0 aliphatic heterocycles. The van der Waals surface area contributed by atoms with Crippen LogP contribution >= 0.6 is 0 Å².